The van der Waals surface area contributed by atoms with E-state index in [1.807, 2.05) is 13.8 Å². The van der Waals surface area contributed by atoms with Crippen LogP contribution in [0.25, 0.3) is 0 Å². The van der Waals surface area contributed by atoms with Gasteiger partial charge in [-0.2, -0.15) is 4.98 Å². The second kappa shape index (κ2) is 6.65. The lowest BCUT2D eigenvalue weighted by Gasteiger charge is -2.31. The number of nitrogens with two attached hydrogens (primary N) is 1. The number of ether oxygens (including phenoxy) is 1. The van der Waals surface area contributed by atoms with E-state index in [2.05, 4.69) is 22.0 Å². The molecule has 1 unspecified atom stereocenters. The Balaban J connectivity index is 2.08. The number of hydrogen-bond donors (Lipinski definition) is 1. The van der Waals surface area contributed by atoms with Gasteiger partial charge in [0.1, 0.15) is 6.10 Å². The molecule has 0 saturated carbocycles. The highest BCUT2D eigenvalue weighted by Gasteiger charge is 2.32. The normalized spacial score (nSPS) is 21.3. The lowest BCUT2D eigenvalue weighted by Crippen LogP contribution is -2.39. The van der Waals surface area contributed by atoms with Crippen molar-refractivity contribution in [2.75, 3.05) is 26.2 Å². The summed E-state index contributed by atoms with van der Waals surface area (Å²) in [5.41, 5.74) is 5.76. The van der Waals surface area contributed by atoms with Crippen LogP contribution >= 0.6 is 0 Å². The molecule has 2 heterocycles. The lowest BCUT2D eigenvalue weighted by atomic mass is 9.94. The third-order valence-corrected chi connectivity index (χ3v) is 4.11. The molecule has 1 aromatic rings. The summed E-state index contributed by atoms with van der Waals surface area (Å²) in [5, 5.41) is 4.08. The van der Waals surface area contributed by atoms with E-state index in [0.29, 0.717) is 18.3 Å². The Bertz CT molecular complexity index is 415. The van der Waals surface area contributed by atoms with Crippen molar-refractivity contribution < 1.29 is 9.26 Å². The minimum Gasteiger partial charge on any atom is -0.367 e. The summed E-state index contributed by atoms with van der Waals surface area (Å²) >= 11 is 0. The first-order valence-corrected chi connectivity index (χ1v) is 7.59. The Morgan fingerprint density at radius 2 is 2.10 bits per heavy atom. The Hall–Kier alpha value is -0.980. The fourth-order valence-corrected chi connectivity index (χ4v) is 2.50. The molecule has 0 radical (unpaired) electrons. The summed E-state index contributed by atoms with van der Waals surface area (Å²) in [4.78, 5) is 6.86. The van der Waals surface area contributed by atoms with Crippen molar-refractivity contribution >= 4 is 0 Å². The molecule has 114 valence electrons. The maximum atomic E-state index is 6.29. The van der Waals surface area contributed by atoms with E-state index in [4.69, 9.17) is 15.0 Å². The first-order valence-electron chi connectivity index (χ1n) is 7.59. The van der Waals surface area contributed by atoms with Crippen LogP contribution in [0.1, 0.15) is 57.9 Å². The van der Waals surface area contributed by atoms with Gasteiger partial charge in [-0.15, -0.1) is 0 Å². The van der Waals surface area contributed by atoms with Crippen molar-refractivity contribution in [2.24, 2.45) is 5.73 Å². The van der Waals surface area contributed by atoms with E-state index in [0.717, 1.165) is 38.9 Å². The monoisotopic (exact) mass is 282 g/mol. The zero-order valence-electron chi connectivity index (χ0n) is 12.8. The number of morpholine rings is 1. The van der Waals surface area contributed by atoms with E-state index >= 15 is 0 Å². The van der Waals surface area contributed by atoms with Crippen molar-refractivity contribution in [3.8, 4) is 0 Å². The molecule has 1 saturated heterocycles. The zero-order valence-corrected chi connectivity index (χ0v) is 12.8. The molecule has 0 amide bonds. The summed E-state index contributed by atoms with van der Waals surface area (Å²) in [5.74, 6) is 1.14. The van der Waals surface area contributed by atoms with Crippen LogP contribution in [0.2, 0.25) is 0 Å². The van der Waals surface area contributed by atoms with E-state index in [9.17, 15) is 0 Å². The standard InChI is InChI=1S/C14H26N4O2/c1-4-7-18-8-9-19-11(10-18)12-16-13(20-17-12)14(15,5-2)6-3/h11H,4-10,15H2,1-3H3. The summed E-state index contributed by atoms with van der Waals surface area (Å²) in [6.07, 6.45) is 2.59. The number of aromatic nitrogens is 2. The molecule has 2 N–H and O–H groups in total. The van der Waals surface area contributed by atoms with Crippen LogP contribution in [0.5, 0.6) is 0 Å². The molecule has 0 spiro atoms. The first kappa shape index (κ1) is 15.4. The second-order valence-electron chi connectivity index (χ2n) is 5.48. The van der Waals surface area contributed by atoms with Crippen molar-refractivity contribution in [2.45, 2.75) is 51.7 Å². The van der Waals surface area contributed by atoms with Gasteiger partial charge in [-0.3, -0.25) is 4.90 Å². The second-order valence-corrected chi connectivity index (χ2v) is 5.48. The van der Waals surface area contributed by atoms with Crippen LogP contribution in [-0.4, -0.2) is 41.3 Å². The van der Waals surface area contributed by atoms with Crippen molar-refractivity contribution in [1.82, 2.24) is 15.0 Å². The third kappa shape index (κ3) is 3.19. The van der Waals surface area contributed by atoms with Gasteiger partial charge in [-0.25, -0.2) is 0 Å². The molecule has 1 atom stereocenters. The van der Waals surface area contributed by atoms with E-state index < -0.39 is 5.54 Å². The van der Waals surface area contributed by atoms with Gasteiger partial charge in [0, 0.05) is 13.1 Å². The molecule has 1 aromatic heterocycles. The predicted octanol–water partition coefficient (Wildman–Crippen LogP) is 1.83. The largest absolute Gasteiger partial charge is 0.367 e. The molecule has 6 heteroatoms. The highest BCUT2D eigenvalue weighted by atomic mass is 16.5. The molecule has 0 bridgehead atoms. The number of rotatable bonds is 6. The minimum absolute atomic E-state index is 0.106. The summed E-state index contributed by atoms with van der Waals surface area (Å²) in [6, 6.07) is 0. The third-order valence-electron chi connectivity index (χ3n) is 4.11. The Morgan fingerprint density at radius 1 is 1.35 bits per heavy atom. The molecule has 2 rings (SSSR count). The maximum Gasteiger partial charge on any atom is 0.246 e. The van der Waals surface area contributed by atoms with E-state index in [1.165, 1.54) is 0 Å². The van der Waals surface area contributed by atoms with Gasteiger partial charge in [-0.05, 0) is 25.8 Å². The highest BCUT2D eigenvalue weighted by molar-refractivity contribution is 5.03. The van der Waals surface area contributed by atoms with Gasteiger partial charge < -0.3 is 15.0 Å². The molecule has 1 aliphatic heterocycles. The van der Waals surface area contributed by atoms with Gasteiger partial charge in [0.25, 0.3) is 0 Å². The fraction of sp³-hybridized carbons (Fsp3) is 0.857. The average Bonchev–Trinajstić information content (AvgIpc) is 2.97. The summed E-state index contributed by atoms with van der Waals surface area (Å²) in [7, 11) is 0. The summed E-state index contributed by atoms with van der Waals surface area (Å²) < 4.78 is 11.1. The van der Waals surface area contributed by atoms with Crippen molar-refractivity contribution in [3.63, 3.8) is 0 Å². The average molecular weight is 282 g/mol. The van der Waals surface area contributed by atoms with Crippen LogP contribution in [0.15, 0.2) is 4.52 Å². The highest BCUT2D eigenvalue weighted by Crippen LogP contribution is 2.27. The van der Waals surface area contributed by atoms with Crippen LogP contribution in [0.3, 0.4) is 0 Å². The maximum absolute atomic E-state index is 6.29. The number of hydrogen-bond acceptors (Lipinski definition) is 6. The minimum atomic E-state index is -0.525. The van der Waals surface area contributed by atoms with Gasteiger partial charge in [0.15, 0.2) is 0 Å². The quantitative estimate of drug-likeness (QED) is 0.857. The summed E-state index contributed by atoms with van der Waals surface area (Å²) in [6.45, 7) is 9.84. The van der Waals surface area contributed by atoms with Crippen LogP contribution < -0.4 is 5.73 Å². The van der Waals surface area contributed by atoms with E-state index in [-0.39, 0.29) is 6.10 Å². The molecule has 1 aliphatic rings. The Labute approximate surface area is 120 Å². The zero-order chi connectivity index (χ0) is 14.6. The first-order chi connectivity index (χ1) is 9.62. The van der Waals surface area contributed by atoms with Gasteiger partial charge in [-0.1, -0.05) is 25.9 Å². The smallest absolute Gasteiger partial charge is 0.246 e. The van der Waals surface area contributed by atoms with Crippen LogP contribution in [0.4, 0.5) is 0 Å². The molecular weight excluding hydrogens is 256 g/mol. The van der Waals surface area contributed by atoms with E-state index in [1.54, 1.807) is 0 Å². The molecule has 1 fully saturated rings. The van der Waals surface area contributed by atoms with Crippen LogP contribution in [0, 0.1) is 0 Å². The Morgan fingerprint density at radius 3 is 2.75 bits per heavy atom. The molecule has 6 nitrogen and oxygen atoms in total. The fourth-order valence-electron chi connectivity index (χ4n) is 2.50. The number of nitrogens with zero attached hydrogens (tertiary/aromatic N) is 3. The van der Waals surface area contributed by atoms with Gasteiger partial charge in [0.2, 0.25) is 11.7 Å². The molecule has 0 aliphatic carbocycles. The molecule has 20 heavy (non-hydrogen) atoms. The lowest BCUT2D eigenvalue weighted by molar-refractivity contribution is -0.0350. The van der Waals surface area contributed by atoms with Gasteiger partial charge >= 0.3 is 0 Å². The van der Waals surface area contributed by atoms with Gasteiger partial charge in [0.05, 0.1) is 12.1 Å². The van der Waals surface area contributed by atoms with Crippen molar-refractivity contribution in [3.05, 3.63) is 11.7 Å². The molecular formula is C14H26N4O2. The predicted molar refractivity (Wildman–Crippen MR) is 76.2 cm³/mol. The topological polar surface area (TPSA) is 77.4 Å². The Kier molecular flexibility index (Phi) is 5.12. The van der Waals surface area contributed by atoms with Crippen LogP contribution in [-0.2, 0) is 10.3 Å². The van der Waals surface area contributed by atoms with Crippen molar-refractivity contribution in [1.29, 1.82) is 0 Å². The SMILES string of the molecule is CCCN1CCOC(c2noc(C(N)(CC)CC)n2)C1. The molecule has 0 aromatic carbocycles.